The van der Waals surface area contributed by atoms with Crippen LogP contribution in [-0.2, 0) is 4.74 Å². The second-order valence-electron chi connectivity index (χ2n) is 3.45. The zero-order chi connectivity index (χ0) is 12.3. The first-order chi connectivity index (χ1) is 8.33. The van der Waals surface area contributed by atoms with Crippen molar-refractivity contribution in [3.05, 3.63) is 30.3 Å². The van der Waals surface area contributed by atoms with Crippen molar-refractivity contribution in [3.8, 4) is 0 Å². The van der Waals surface area contributed by atoms with Gasteiger partial charge in [-0.25, -0.2) is 0 Å². The van der Waals surface area contributed by atoms with Gasteiger partial charge in [0, 0.05) is 18.8 Å². The van der Waals surface area contributed by atoms with Crippen molar-refractivity contribution in [2.75, 3.05) is 31.7 Å². The lowest BCUT2D eigenvalue weighted by molar-refractivity contribution is 0.0918. The van der Waals surface area contributed by atoms with E-state index in [0.717, 1.165) is 12.1 Å². The van der Waals surface area contributed by atoms with Gasteiger partial charge in [-0.05, 0) is 18.6 Å². The Hall–Kier alpha value is -1.59. The van der Waals surface area contributed by atoms with Crippen molar-refractivity contribution < 1.29 is 9.84 Å². The van der Waals surface area contributed by atoms with Gasteiger partial charge in [0.25, 0.3) is 0 Å². The number of nitrogens with two attached hydrogens (primary N) is 1. The molecule has 5 heteroatoms. The number of nitrogens with one attached hydrogen (secondary N) is 1. The van der Waals surface area contributed by atoms with Crippen molar-refractivity contribution in [1.29, 1.82) is 0 Å². The lowest BCUT2D eigenvalue weighted by Gasteiger charge is -2.05. The van der Waals surface area contributed by atoms with Crippen molar-refractivity contribution in [3.63, 3.8) is 0 Å². The Labute approximate surface area is 101 Å². The predicted octanol–water partition coefficient (Wildman–Crippen LogP) is 0.812. The molecule has 94 valence electrons. The van der Waals surface area contributed by atoms with E-state index in [0.29, 0.717) is 25.7 Å². The molecule has 5 nitrogen and oxygen atoms in total. The molecule has 17 heavy (non-hydrogen) atoms. The minimum Gasteiger partial charge on any atom is -0.394 e. The quantitative estimate of drug-likeness (QED) is 0.372. The molecule has 0 bridgehead atoms. The number of aliphatic hydroxyl groups is 1. The molecule has 0 aliphatic rings. The average molecular weight is 237 g/mol. The molecule has 0 atom stereocenters. The van der Waals surface area contributed by atoms with Crippen LogP contribution < -0.4 is 11.1 Å². The number of ether oxygens (including phenoxy) is 1. The zero-order valence-electron chi connectivity index (χ0n) is 9.80. The summed E-state index contributed by atoms with van der Waals surface area (Å²) in [5, 5.41) is 11.5. The maximum atomic E-state index is 8.49. The SMILES string of the molecule is NC(=NCCCOCCO)Nc1ccccc1. The van der Waals surface area contributed by atoms with E-state index >= 15 is 0 Å². The molecular formula is C12H19N3O2. The molecule has 0 radical (unpaired) electrons. The van der Waals surface area contributed by atoms with Gasteiger partial charge in [0.1, 0.15) is 0 Å². The molecule has 0 fully saturated rings. The number of para-hydroxylation sites is 1. The normalized spacial score (nSPS) is 11.5. The Morgan fingerprint density at radius 3 is 2.76 bits per heavy atom. The molecule has 0 saturated heterocycles. The van der Waals surface area contributed by atoms with Gasteiger partial charge in [-0.1, -0.05) is 18.2 Å². The highest BCUT2D eigenvalue weighted by molar-refractivity contribution is 5.92. The molecule has 0 amide bonds. The minimum absolute atomic E-state index is 0.0565. The molecule has 4 N–H and O–H groups in total. The molecule has 0 saturated carbocycles. The first kappa shape index (κ1) is 13.5. The summed E-state index contributed by atoms with van der Waals surface area (Å²) in [7, 11) is 0. The van der Waals surface area contributed by atoms with Crippen molar-refractivity contribution in [2.24, 2.45) is 10.7 Å². The molecule has 0 aliphatic carbocycles. The smallest absolute Gasteiger partial charge is 0.193 e. The monoisotopic (exact) mass is 237 g/mol. The number of aliphatic imine (C=N–C) groups is 1. The molecule has 0 aromatic heterocycles. The van der Waals surface area contributed by atoms with Crippen LogP contribution in [0, 0.1) is 0 Å². The fraction of sp³-hybridized carbons (Fsp3) is 0.417. The van der Waals surface area contributed by atoms with Crippen molar-refractivity contribution >= 4 is 11.6 Å². The zero-order valence-corrected chi connectivity index (χ0v) is 9.80. The van der Waals surface area contributed by atoms with E-state index in [9.17, 15) is 0 Å². The molecule has 0 heterocycles. The Morgan fingerprint density at radius 2 is 2.06 bits per heavy atom. The largest absolute Gasteiger partial charge is 0.394 e. The van der Waals surface area contributed by atoms with E-state index in [1.54, 1.807) is 0 Å². The number of anilines is 1. The van der Waals surface area contributed by atoms with Gasteiger partial charge in [-0.3, -0.25) is 4.99 Å². The second-order valence-corrected chi connectivity index (χ2v) is 3.45. The molecule has 0 aliphatic heterocycles. The molecule has 1 aromatic carbocycles. The van der Waals surface area contributed by atoms with Crippen LogP contribution in [0.15, 0.2) is 35.3 Å². The van der Waals surface area contributed by atoms with Gasteiger partial charge in [0.05, 0.1) is 13.2 Å². The van der Waals surface area contributed by atoms with E-state index in [-0.39, 0.29) is 6.61 Å². The van der Waals surface area contributed by atoms with Crippen molar-refractivity contribution in [2.45, 2.75) is 6.42 Å². The summed E-state index contributed by atoms with van der Waals surface area (Å²) in [6.07, 6.45) is 0.789. The highest BCUT2D eigenvalue weighted by atomic mass is 16.5. The van der Waals surface area contributed by atoms with E-state index in [4.69, 9.17) is 15.6 Å². The number of benzene rings is 1. The molecule has 1 aromatic rings. The van der Waals surface area contributed by atoms with Crippen LogP contribution in [0.2, 0.25) is 0 Å². The van der Waals surface area contributed by atoms with Crippen LogP contribution in [-0.4, -0.2) is 37.4 Å². The van der Waals surface area contributed by atoms with Crippen LogP contribution in [0.25, 0.3) is 0 Å². The number of guanidine groups is 1. The Kier molecular flexibility index (Phi) is 6.78. The molecular weight excluding hydrogens is 218 g/mol. The molecule has 0 spiro atoms. The summed E-state index contributed by atoms with van der Waals surface area (Å²) in [5.41, 5.74) is 6.63. The van der Waals surface area contributed by atoms with Crippen LogP contribution in [0.3, 0.4) is 0 Å². The first-order valence-corrected chi connectivity index (χ1v) is 5.63. The third-order valence-corrected chi connectivity index (χ3v) is 2.01. The Morgan fingerprint density at radius 1 is 1.29 bits per heavy atom. The lowest BCUT2D eigenvalue weighted by Crippen LogP contribution is -2.22. The molecule has 0 unspecified atom stereocenters. The highest BCUT2D eigenvalue weighted by Crippen LogP contribution is 2.03. The van der Waals surface area contributed by atoms with E-state index in [1.807, 2.05) is 30.3 Å². The molecule has 1 rings (SSSR count). The number of hydrogen-bond donors (Lipinski definition) is 3. The van der Waals surface area contributed by atoms with Gasteiger partial charge in [0.2, 0.25) is 0 Å². The van der Waals surface area contributed by atoms with Gasteiger partial charge in [-0.2, -0.15) is 0 Å². The van der Waals surface area contributed by atoms with Gasteiger partial charge in [-0.15, -0.1) is 0 Å². The summed E-state index contributed by atoms with van der Waals surface area (Å²) >= 11 is 0. The van der Waals surface area contributed by atoms with Crippen LogP contribution in [0.4, 0.5) is 5.69 Å². The third-order valence-electron chi connectivity index (χ3n) is 2.01. The minimum atomic E-state index is 0.0565. The standard InChI is InChI=1S/C12H19N3O2/c13-12(14-7-4-9-17-10-8-16)15-11-5-2-1-3-6-11/h1-3,5-6,16H,4,7-10H2,(H3,13,14,15). The van der Waals surface area contributed by atoms with Crippen LogP contribution >= 0.6 is 0 Å². The Balaban J connectivity index is 2.17. The maximum Gasteiger partial charge on any atom is 0.193 e. The summed E-state index contributed by atoms with van der Waals surface area (Å²) in [5.74, 6) is 0.401. The third kappa shape index (κ3) is 6.55. The summed E-state index contributed by atoms with van der Waals surface area (Å²) in [6, 6.07) is 9.65. The number of aliphatic hydroxyl groups excluding tert-OH is 1. The van der Waals surface area contributed by atoms with Crippen molar-refractivity contribution in [1.82, 2.24) is 0 Å². The van der Waals surface area contributed by atoms with Gasteiger partial charge in [0.15, 0.2) is 5.96 Å². The fourth-order valence-corrected chi connectivity index (χ4v) is 1.24. The number of rotatable bonds is 7. The number of hydrogen-bond acceptors (Lipinski definition) is 3. The summed E-state index contributed by atoms with van der Waals surface area (Å²) < 4.78 is 5.10. The fourth-order valence-electron chi connectivity index (χ4n) is 1.24. The van der Waals surface area contributed by atoms with E-state index < -0.39 is 0 Å². The average Bonchev–Trinajstić information content (AvgIpc) is 2.35. The number of nitrogens with zero attached hydrogens (tertiary/aromatic N) is 1. The van der Waals surface area contributed by atoms with Crippen LogP contribution in [0.5, 0.6) is 0 Å². The lowest BCUT2D eigenvalue weighted by atomic mass is 10.3. The van der Waals surface area contributed by atoms with Gasteiger partial charge < -0.3 is 20.9 Å². The van der Waals surface area contributed by atoms with Crippen LogP contribution in [0.1, 0.15) is 6.42 Å². The van der Waals surface area contributed by atoms with E-state index in [2.05, 4.69) is 10.3 Å². The van der Waals surface area contributed by atoms with E-state index in [1.165, 1.54) is 0 Å². The van der Waals surface area contributed by atoms with Gasteiger partial charge >= 0.3 is 0 Å². The maximum absolute atomic E-state index is 8.49. The summed E-state index contributed by atoms with van der Waals surface area (Å²) in [6.45, 7) is 1.63. The summed E-state index contributed by atoms with van der Waals surface area (Å²) in [4.78, 5) is 4.16. The predicted molar refractivity (Wildman–Crippen MR) is 69.1 cm³/mol. The topological polar surface area (TPSA) is 79.9 Å². The second kappa shape index (κ2) is 8.55. The first-order valence-electron chi connectivity index (χ1n) is 5.63. The highest BCUT2D eigenvalue weighted by Gasteiger charge is 1.93. The Bertz CT molecular complexity index is 328.